The number of hydrogen-bond donors (Lipinski definition) is 0. The summed E-state index contributed by atoms with van der Waals surface area (Å²) in [5.74, 6) is 3.45. The first kappa shape index (κ1) is 40.1. The second kappa shape index (κ2) is 13.2. The molecule has 2 atom stereocenters. The first-order valence-corrected chi connectivity index (χ1v) is 24.9. The van der Waals surface area contributed by atoms with Crippen LogP contribution >= 0.6 is 23.2 Å². The Hall–Kier alpha value is -4.07. The molecule has 4 heterocycles. The van der Waals surface area contributed by atoms with Gasteiger partial charge in [0.25, 0.3) is 10.2 Å². The SMILES string of the molecule is CC(C)[Si](C#Cc1c2c(c(C#C[Si](C(C)C)(C(C)C)C(C)C)c3ccccc13)N1C(=O)C(=O)N3c4ccccc4N4C(=O)C(=O)N2[C@@]4(Cl)[C@@]31Cl)(C(C)C)C(C)C. The number of benzene rings is 3. The topological polar surface area (TPSA) is 81.2 Å². The molecule has 0 saturated carbocycles. The molecule has 8 nitrogen and oxygen atoms in total. The average Bonchev–Trinajstić information content (AvgIpc) is 3.46. The van der Waals surface area contributed by atoms with Crippen LogP contribution in [-0.2, 0) is 19.2 Å². The molecule has 4 aliphatic heterocycles. The molecule has 3 aromatic carbocycles. The third kappa shape index (κ3) is 4.73. The summed E-state index contributed by atoms with van der Waals surface area (Å²) in [5.41, 5.74) is 10.9. The Kier molecular flexibility index (Phi) is 9.49. The third-order valence-corrected chi connectivity index (χ3v) is 27.2. The van der Waals surface area contributed by atoms with E-state index in [0.717, 1.165) is 9.80 Å². The van der Waals surface area contributed by atoms with Crippen molar-refractivity contribution in [3.05, 3.63) is 59.7 Å². The molecule has 0 bridgehead atoms. The van der Waals surface area contributed by atoms with Crippen molar-refractivity contribution >= 4 is 96.5 Å². The number of fused-ring (bicyclic) bond motifs is 7. The van der Waals surface area contributed by atoms with Gasteiger partial charge in [0, 0.05) is 10.8 Å². The molecule has 7 rings (SSSR count). The maximum atomic E-state index is 14.8. The molecule has 0 aliphatic carbocycles. The van der Waals surface area contributed by atoms with E-state index in [-0.39, 0.29) is 56.0 Å². The van der Waals surface area contributed by atoms with Crippen LogP contribution in [0.4, 0.5) is 22.7 Å². The van der Waals surface area contributed by atoms with Crippen LogP contribution < -0.4 is 19.6 Å². The molecule has 12 heteroatoms. The Bertz CT molecular complexity index is 2180. The van der Waals surface area contributed by atoms with Crippen LogP contribution in [0.5, 0.6) is 0 Å². The van der Waals surface area contributed by atoms with Gasteiger partial charge in [0.2, 0.25) is 0 Å². The van der Waals surface area contributed by atoms with Crippen LogP contribution in [-0.4, -0.2) is 50.0 Å². The molecular weight excluding hydrogens is 776 g/mol. The number of para-hydroxylation sites is 2. The highest BCUT2D eigenvalue weighted by atomic mass is 35.5. The monoisotopic (exact) mass is 824 g/mol. The zero-order valence-corrected chi connectivity index (χ0v) is 37.8. The van der Waals surface area contributed by atoms with Gasteiger partial charge in [0.1, 0.15) is 16.1 Å². The Balaban J connectivity index is 1.73. The molecule has 2 saturated heterocycles. The number of carbonyl (C=O) groups is 4. The highest BCUT2D eigenvalue weighted by Crippen LogP contribution is 2.66. The minimum Gasteiger partial charge on any atom is -0.263 e. The molecule has 0 radical (unpaired) electrons. The van der Waals surface area contributed by atoms with Crippen molar-refractivity contribution in [3.8, 4) is 22.9 Å². The lowest BCUT2D eigenvalue weighted by molar-refractivity contribution is -0.134. The Labute approximate surface area is 342 Å². The molecule has 292 valence electrons. The fourth-order valence-corrected chi connectivity index (χ4v) is 22.3. The minimum atomic E-state index is -2.41. The quantitative estimate of drug-likeness (QED) is 0.0816. The third-order valence-electron chi connectivity index (χ3n) is 13.3. The number of amides is 4. The number of hydrogen-bond acceptors (Lipinski definition) is 4. The van der Waals surface area contributed by atoms with Crippen molar-refractivity contribution < 1.29 is 19.2 Å². The van der Waals surface area contributed by atoms with Crippen molar-refractivity contribution in [2.45, 2.75) is 127 Å². The molecule has 0 unspecified atom stereocenters. The number of carbonyl (C=O) groups excluding carboxylic acids is 4. The van der Waals surface area contributed by atoms with Crippen molar-refractivity contribution in [2.24, 2.45) is 0 Å². The highest BCUT2D eigenvalue weighted by Gasteiger charge is 2.82. The maximum Gasteiger partial charge on any atom is 0.320 e. The molecule has 0 aromatic heterocycles. The van der Waals surface area contributed by atoms with Gasteiger partial charge >= 0.3 is 23.6 Å². The van der Waals surface area contributed by atoms with Gasteiger partial charge in [0.05, 0.1) is 33.9 Å². The van der Waals surface area contributed by atoms with Crippen molar-refractivity contribution in [1.82, 2.24) is 0 Å². The second-order valence-corrected chi connectivity index (χ2v) is 29.7. The molecule has 4 amide bonds. The Morgan fingerprint density at radius 2 is 0.732 bits per heavy atom. The van der Waals surface area contributed by atoms with Gasteiger partial charge in [-0.2, -0.15) is 0 Å². The number of nitrogens with zero attached hydrogens (tertiary/aromatic N) is 4. The first-order chi connectivity index (χ1) is 26.2. The predicted molar refractivity (Wildman–Crippen MR) is 233 cm³/mol. The molecule has 0 N–H and O–H groups in total. The van der Waals surface area contributed by atoms with E-state index in [9.17, 15) is 19.2 Å². The van der Waals surface area contributed by atoms with E-state index in [4.69, 9.17) is 23.2 Å². The molecule has 0 spiro atoms. The predicted octanol–water partition coefficient (Wildman–Crippen LogP) is 9.85. The fraction of sp³-hybridized carbons (Fsp3) is 0.455. The lowest BCUT2D eigenvalue weighted by atomic mass is 9.91. The van der Waals surface area contributed by atoms with E-state index >= 15 is 0 Å². The van der Waals surface area contributed by atoms with Gasteiger partial charge in [-0.25, -0.2) is 0 Å². The van der Waals surface area contributed by atoms with E-state index < -0.39 is 50.0 Å². The number of anilines is 4. The Morgan fingerprint density at radius 1 is 0.464 bits per heavy atom. The van der Waals surface area contributed by atoms with E-state index in [2.05, 4.69) is 106 Å². The van der Waals surface area contributed by atoms with Crippen molar-refractivity contribution in [1.29, 1.82) is 0 Å². The molecule has 3 aromatic rings. The zero-order chi connectivity index (χ0) is 41.2. The standard InChI is InChI=1S/C44H50Cl2N4O4Si2/c1-25(2)55(26(3)4,27(5)6)23-21-33-31-17-13-14-18-32(31)34(22-24-56(28(7)8,29(9)10)30(11)12)38-37(33)49-41(53)39(51)47-35-19-15-16-20-36(35)48-40(52)42(54)50(38)44(48,46)43(47,49)45/h13-20,25-30H,1-12H3/t43-,44-/m1/s1. The van der Waals surface area contributed by atoms with Crippen molar-refractivity contribution in [2.75, 3.05) is 19.6 Å². The van der Waals surface area contributed by atoms with Gasteiger partial charge in [-0.05, 0) is 45.4 Å². The lowest BCUT2D eigenvalue weighted by Crippen LogP contribution is -2.77. The van der Waals surface area contributed by atoms with Gasteiger partial charge < -0.3 is 0 Å². The maximum absolute atomic E-state index is 14.8. The second-order valence-electron chi connectivity index (χ2n) is 17.5. The number of rotatable bonds is 6. The van der Waals surface area contributed by atoms with Gasteiger partial charge in [-0.1, -0.05) is 155 Å². The fourth-order valence-electron chi connectivity index (χ4n) is 10.9. The summed E-state index contributed by atoms with van der Waals surface area (Å²) in [6.45, 7) is 26.7. The normalized spacial score (nSPS) is 21.5. The van der Waals surface area contributed by atoms with Gasteiger partial charge in [0.15, 0.2) is 0 Å². The molecular formula is C44H50Cl2N4O4Si2. The summed E-state index contributed by atoms with van der Waals surface area (Å²) < 4.78 is 0. The summed E-state index contributed by atoms with van der Waals surface area (Å²) in [6.07, 6.45) is 0. The highest BCUT2D eigenvalue weighted by molar-refractivity contribution is 6.91. The Morgan fingerprint density at radius 3 is 1.02 bits per heavy atom. The average molecular weight is 826 g/mol. The van der Waals surface area contributed by atoms with Crippen molar-refractivity contribution in [3.63, 3.8) is 0 Å². The van der Waals surface area contributed by atoms with Gasteiger partial charge in [-0.3, -0.25) is 38.8 Å². The summed E-state index contributed by atoms with van der Waals surface area (Å²) in [7, 11) is -4.82. The van der Waals surface area contributed by atoms with E-state index in [0.29, 0.717) is 21.9 Å². The summed E-state index contributed by atoms with van der Waals surface area (Å²) in [5, 5.41) is -3.19. The first-order valence-electron chi connectivity index (χ1n) is 19.7. The molecule has 4 aliphatic rings. The summed E-state index contributed by atoms with van der Waals surface area (Å²) >= 11 is 15.6. The largest absolute Gasteiger partial charge is 0.320 e. The van der Waals surface area contributed by atoms with Crippen LogP contribution in [0.2, 0.25) is 33.2 Å². The van der Waals surface area contributed by atoms with Gasteiger partial charge in [-0.15, -0.1) is 11.1 Å². The van der Waals surface area contributed by atoms with Crippen LogP contribution in [0.25, 0.3) is 10.8 Å². The lowest BCUT2D eigenvalue weighted by Gasteiger charge is -2.58. The summed E-state index contributed by atoms with van der Waals surface area (Å²) in [6, 6.07) is 14.2. The van der Waals surface area contributed by atoms with E-state index in [1.54, 1.807) is 24.3 Å². The smallest absolute Gasteiger partial charge is 0.263 e. The zero-order valence-electron chi connectivity index (χ0n) is 34.3. The molecule has 2 fully saturated rings. The number of halogens is 2. The van der Waals surface area contributed by atoms with Crippen LogP contribution in [0.1, 0.15) is 94.2 Å². The van der Waals surface area contributed by atoms with Crippen LogP contribution in [0.3, 0.4) is 0 Å². The van der Waals surface area contributed by atoms with Crippen LogP contribution in [0, 0.1) is 22.9 Å². The number of alkyl halides is 2. The minimum absolute atomic E-state index is 0.153. The summed E-state index contributed by atoms with van der Waals surface area (Å²) in [4.78, 5) is 63.2. The molecule has 56 heavy (non-hydrogen) atoms. The van der Waals surface area contributed by atoms with E-state index in [1.165, 1.54) is 9.80 Å². The van der Waals surface area contributed by atoms with E-state index in [1.807, 2.05) is 24.3 Å². The van der Waals surface area contributed by atoms with Crippen LogP contribution in [0.15, 0.2) is 48.5 Å².